The van der Waals surface area contributed by atoms with Crippen LogP contribution in [0.4, 0.5) is 15.9 Å². The Morgan fingerprint density at radius 2 is 1.87 bits per heavy atom. The predicted octanol–water partition coefficient (Wildman–Crippen LogP) is 2.60. The first kappa shape index (κ1) is 21.8. The van der Waals surface area contributed by atoms with Crippen molar-refractivity contribution < 1.29 is 17.5 Å². The van der Waals surface area contributed by atoms with Crippen molar-refractivity contribution in [2.45, 2.75) is 0 Å². The second-order valence-electron chi connectivity index (χ2n) is 6.43. The van der Waals surface area contributed by atoms with Crippen molar-refractivity contribution in [3.63, 3.8) is 0 Å². The van der Waals surface area contributed by atoms with Gasteiger partial charge in [-0.25, -0.2) is 12.8 Å². The van der Waals surface area contributed by atoms with E-state index in [0.29, 0.717) is 11.0 Å². The van der Waals surface area contributed by atoms with Crippen LogP contribution in [0.3, 0.4) is 0 Å². The summed E-state index contributed by atoms with van der Waals surface area (Å²) in [4.78, 5) is 27.4. The maximum absolute atomic E-state index is 13.2. The Labute approximate surface area is 176 Å². The molecule has 0 saturated carbocycles. The van der Waals surface area contributed by atoms with Gasteiger partial charge in [-0.2, -0.15) is 0 Å². The number of nitrogens with zero attached hydrogens (tertiary/aromatic N) is 1. The lowest BCUT2D eigenvalue weighted by Gasteiger charge is -2.15. The summed E-state index contributed by atoms with van der Waals surface area (Å²) in [5.41, 5.74) is -0.204. The van der Waals surface area contributed by atoms with Gasteiger partial charge in [-0.15, -0.1) is 0 Å². The molecule has 0 unspecified atom stereocenters. The molecule has 3 aromatic rings. The van der Waals surface area contributed by atoms with Crippen LogP contribution in [0.2, 0.25) is 0 Å². The lowest BCUT2D eigenvalue weighted by atomic mass is 10.1. The van der Waals surface area contributed by atoms with E-state index in [2.05, 4.69) is 21.6 Å². The molecule has 0 saturated heterocycles. The van der Waals surface area contributed by atoms with Crippen molar-refractivity contribution in [3.8, 4) is 22.6 Å². The summed E-state index contributed by atoms with van der Waals surface area (Å²) in [6.07, 6.45) is 1.47. The third kappa shape index (κ3) is 4.83. The van der Waals surface area contributed by atoms with Crippen molar-refractivity contribution >= 4 is 21.5 Å². The molecule has 0 bridgehead atoms. The van der Waals surface area contributed by atoms with E-state index in [1.54, 1.807) is 7.05 Å². The Kier molecular flexibility index (Phi) is 5.97. The molecule has 0 aliphatic carbocycles. The van der Waals surface area contributed by atoms with Crippen LogP contribution in [0.25, 0.3) is 11.1 Å². The maximum Gasteiger partial charge on any atom is 0.293 e. The molecule has 0 atom stereocenters. The zero-order chi connectivity index (χ0) is 22.8. The molecule has 9 nitrogen and oxygen atoms in total. The molecule has 0 spiro atoms. The Hall–Kier alpha value is -3.86. The molecule has 162 valence electrons. The van der Waals surface area contributed by atoms with Crippen molar-refractivity contribution in [2.75, 3.05) is 17.1 Å². The van der Waals surface area contributed by atoms with Gasteiger partial charge in [-0.3, -0.25) is 14.3 Å². The van der Waals surface area contributed by atoms with E-state index in [1.807, 2.05) is 0 Å². The highest BCUT2D eigenvalue weighted by Crippen LogP contribution is 2.32. The van der Waals surface area contributed by atoms with Crippen LogP contribution in [0.5, 0.6) is 11.5 Å². The van der Waals surface area contributed by atoms with Gasteiger partial charge >= 0.3 is 0 Å². The minimum absolute atomic E-state index is 0.133. The number of pyridine rings is 2. The molecule has 31 heavy (non-hydrogen) atoms. The summed E-state index contributed by atoms with van der Waals surface area (Å²) >= 11 is 0. The van der Waals surface area contributed by atoms with Gasteiger partial charge in [0, 0.05) is 36.8 Å². The number of hydrogen-bond donors (Lipinski definition) is 3. The summed E-state index contributed by atoms with van der Waals surface area (Å²) < 4.78 is 46.1. The lowest BCUT2D eigenvalue weighted by Crippen LogP contribution is -2.20. The number of ether oxygens (including phenoxy) is 1. The summed E-state index contributed by atoms with van der Waals surface area (Å²) in [5, 5.41) is 3.47. The number of H-pyrrole nitrogens is 1. The van der Waals surface area contributed by atoms with Crippen molar-refractivity contribution in [2.24, 2.45) is 7.05 Å². The molecule has 0 aliphatic heterocycles. The number of aromatic amines is 1. The highest BCUT2D eigenvalue weighted by atomic mass is 32.2. The number of anilines is 2. The van der Waals surface area contributed by atoms with E-state index in [9.17, 15) is 22.4 Å². The highest BCUT2D eigenvalue weighted by Gasteiger charge is 2.18. The van der Waals surface area contributed by atoms with Gasteiger partial charge in [-0.05, 0) is 36.4 Å². The van der Waals surface area contributed by atoms with Crippen LogP contribution >= 0.6 is 0 Å². The van der Waals surface area contributed by atoms with Crippen LogP contribution in [-0.4, -0.2) is 25.0 Å². The second kappa shape index (κ2) is 8.48. The van der Waals surface area contributed by atoms with E-state index in [4.69, 9.17) is 4.74 Å². The SMILES string of the molecule is C=CS(=O)(=O)Nc1cc(-c2cc(NC)c(=O)n(C)c2)c(Oc2ccc(F)cc2)c(=O)[nH]1. The molecule has 2 heterocycles. The highest BCUT2D eigenvalue weighted by molar-refractivity contribution is 7.95. The number of hydrogen-bond acceptors (Lipinski definition) is 6. The van der Waals surface area contributed by atoms with E-state index < -0.39 is 21.4 Å². The molecular formula is C20H19FN4O5S. The number of aryl methyl sites for hydroxylation is 1. The largest absolute Gasteiger partial charge is 0.451 e. The van der Waals surface area contributed by atoms with Crippen LogP contribution in [0.15, 0.2) is 64.2 Å². The van der Waals surface area contributed by atoms with E-state index in [1.165, 1.54) is 54.2 Å². The number of halogens is 1. The number of nitrogens with one attached hydrogen (secondary N) is 3. The third-order valence-corrected chi connectivity index (χ3v) is 5.20. The monoisotopic (exact) mass is 446 g/mol. The Morgan fingerprint density at radius 3 is 2.48 bits per heavy atom. The average molecular weight is 446 g/mol. The molecule has 3 N–H and O–H groups in total. The van der Waals surface area contributed by atoms with Crippen LogP contribution < -0.4 is 25.9 Å². The van der Waals surface area contributed by atoms with Crippen molar-refractivity contribution in [1.82, 2.24) is 9.55 Å². The molecule has 3 rings (SSSR count). The number of benzene rings is 1. The van der Waals surface area contributed by atoms with Gasteiger partial charge in [0.2, 0.25) is 0 Å². The number of aromatic nitrogens is 2. The van der Waals surface area contributed by atoms with E-state index in [-0.39, 0.29) is 34.1 Å². The van der Waals surface area contributed by atoms with Gasteiger partial charge in [-0.1, -0.05) is 6.58 Å². The van der Waals surface area contributed by atoms with Gasteiger partial charge in [0.25, 0.3) is 21.1 Å². The van der Waals surface area contributed by atoms with Crippen LogP contribution in [-0.2, 0) is 17.1 Å². The number of rotatable bonds is 7. The van der Waals surface area contributed by atoms with Gasteiger partial charge in [0.1, 0.15) is 23.1 Å². The zero-order valence-corrected chi connectivity index (χ0v) is 17.4. The normalized spacial score (nSPS) is 11.1. The fraction of sp³-hybridized carbons (Fsp3) is 0.100. The lowest BCUT2D eigenvalue weighted by molar-refractivity contribution is 0.475. The summed E-state index contributed by atoms with van der Waals surface area (Å²) in [7, 11) is -0.802. The minimum atomic E-state index is -3.90. The van der Waals surface area contributed by atoms with Gasteiger partial charge in [0.15, 0.2) is 5.75 Å². The van der Waals surface area contributed by atoms with Crippen molar-refractivity contribution in [3.05, 3.63) is 81.1 Å². The second-order valence-corrected chi connectivity index (χ2v) is 8.06. The predicted molar refractivity (Wildman–Crippen MR) is 116 cm³/mol. The first-order valence-corrected chi connectivity index (χ1v) is 10.4. The summed E-state index contributed by atoms with van der Waals surface area (Å²) in [6.45, 7) is 3.21. The average Bonchev–Trinajstić information content (AvgIpc) is 2.73. The van der Waals surface area contributed by atoms with Crippen LogP contribution in [0.1, 0.15) is 0 Å². The topological polar surface area (TPSA) is 122 Å². The minimum Gasteiger partial charge on any atom is -0.451 e. The summed E-state index contributed by atoms with van der Waals surface area (Å²) in [6, 6.07) is 7.86. The summed E-state index contributed by atoms with van der Waals surface area (Å²) in [5.74, 6) is -0.598. The molecule has 11 heteroatoms. The quantitative estimate of drug-likeness (QED) is 0.513. The Bertz CT molecular complexity index is 1360. The first-order valence-electron chi connectivity index (χ1n) is 8.88. The van der Waals surface area contributed by atoms with E-state index >= 15 is 0 Å². The van der Waals surface area contributed by atoms with E-state index in [0.717, 1.165) is 0 Å². The van der Waals surface area contributed by atoms with Gasteiger partial charge < -0.3 is 19.6 Å². The fourth-order valence-corrected chi connectivity index (χ4v) is 3.27. The number of sulfonamides is 1. The smallest absolute Gasteiger partial charge is 0.293 e. The molecule has 0 amide bonds. The van der Waals surface area contributed by atoms with Crippen molar-refractivity contribution in [1.29, 1.82) is 0 Å². The maximum atomic E-state index is 13.2. The molecule has 1 aromatic carbocycles. The standard InChI is InChI=1S/C20H19FN4O5S/c1-4-31(28,29)24-17-10-15(12-9-16(22-2)20(27)25(3)11-12)18(19(26)23-17)30-14-7-5-13(21)6-8-14/h4-11,22H,1H2,2-3H3,(H2,23,24,26). The third-order valence-electron chi connectivity index (χ3n) is 4.26. The molecular weight excluding hydrogens is 427 g/mol. The first-order chi connectivity index (χ1) is 14.6. The fourth-order valence-electron chi connectivity index (χ4n) is 2.77. The van der Waals surface area contributed by atoms with Crippen LogP contribution in [0, 0.1) is 5.82 Å². The molecule has 0 fully saturated rings. The Morgan fingerprint density at radius 1 is 1.19 bits per heavy atom. The Balaban J connectivity index is 2.24. The zero-order valence-electron chi connectivity index (χ0n) is 16.6. The molecule has 0 radical (unpaired) electrons. The van der Waals surface area contributed by atoms with Gasteiger partial charge in [0.05, 0.1) is 0 Å². The molecule has 2 aromatic heterocycles. The molecule has 0 aliphatic rings.